The highest BCUT2D eigenvalue weighted by molar-refractivity contribution is 7.99. The molecule has 0 saturated carbocycles. The van der Waals surface area contributed by atoms with Crippen LogP contribution in [0.5, 0.6) is 0 Å². The molecule has 0 aliphatic heterocycles. The monoisotopic (exact) mass is 313 g/mol. The SMILES string of the molecule is Cc1ccc(Sc2ncnc(-n3ccnc3)c2[N+](=O)[O-])cc1. The van der Waals surface area contributed by atoms with Gasteiger partial charge in [0.05, 0.1) is 4.92 Å². The van der Waals surface area contributed by atoms with Crippen LogP contribution in [0.15, 0.2) is 59.2 Å². The van der Waals surface area contributed by atoms with E-state index in [1.807, 2.05) is 31.2 Å². The summed E-state index contributed by atoms with van der Waals surface area (Å²) in [7, 11) is 0. The van der Waals surface area contributed by atoms with Crippen LogP contribution in [-0.2, 0) is 0 Å². The first-order valence-electron chi connectivity index (χ1n) is 6.37. The van der Waals surface area contributed by atoms with E-state index in [4.69, 9.17) is 0 Å². The second-order valence-electron chi connectivity index (χ2n) is 4.49. The molecule has 22 heavy (non-hydrogen) atoms. The first kappa shape index (κ1) is 14.2. The van der Waals surface area contributed by atoms with E-state index in [1.165, 1.54) is 29.0 Å². The fourth-order valence-electron chi connectivity index (χ4n) is 1.88. The lowest BCUT2D eigenvalue weighted by Crippen LogP contribution is -2.04. The maximum absolute atomic E-state index is 11.5. The molecule has 0 saturated heterocycles. The molecule has 0 aliphatic carbocycles. The zero-order valence-electron chi connectivity index (χ0n) is 11.6. The zero-order chi connectivity index (χ0) is 15.5. The fourth-order valence-corrected chi connectivity index (χ4v) is 2.74. The van der Waals surface area contributed by atoms with Gasteiger partial charge in [-0.2, -0.15) is 0 Å². The van der Waals surface area contributed by atoms with Crippen LogP contribution < -0.4 is 0 Å². The van der Waals surface area contributed by atoms with Crippen molar-refractivity contribution in [3.8, 4) is 5.82 Å². The van der Waals surface area contributed by atoms with Crippen LogP contribution >= 0.6 is 11.8 Å². The summed E-state index contributed by atoms with van der Waals surface area (Å²) in [5, 5.41) is 11.8. The minimum Gasteiger partial charge on any atom is -0.285 e. The van der Waals surface area contributed by atoms with E-state index >= 15 is 0 Å². The number of benzene rings is 1. The molecule has 0 N–H and O–H groups in total. The summed E-state index contributed by atoms with van der Waals surface area (Å²) in [5.41, 5.74) is 0.992. The van der Waals surface area contributed by atoms with Gasteiger partial charge in [-0.3, -0.25) is 14.7 Å². The fraction of sp³-hybridized carbons (Fsp3) is 0.0714. The molecular formula is C14H11N5O2S. The van der Waals surface area contributed by atoms with Gasteiger partial charge in [0.2, 0.25) is 5.82 Å². The molecule has 0 fully saturated rings. The highest BCUT2D eigenvalue weighted by Gasteiger charge is 2.24. The minimum atomic E-state index is -0.466. The summed E-state index contributed by atoms with van der Waals surface area (Å²) in [6.45, 7) is 1.98. The van der Waals surface area contributed by atoms with Crippen molar-refractivity contribution in [1.29, 1.82) is 0 Å². The van der Waals surface area contributed by atoms with Gasteiger partial charge in [-0.15, -0.1) is 0 Å². The molecule has 0 amide bonds. The first-order valence-corrected chi connectivity index (χ1v) is 7.19. The molecule has 8 heteroatoms. The van der Waals surface area contributed by atoms with E-state index in [-0.39, 0.29) is 11.5 Å². The summed E-state index contributed by atoms with van der Waals surface area (Å²) in [5.74, 6) is 0.201. The summed E-state index contributed by atoms with van der Waals surface area (Å²) < 4.78 is 1.50. The molecule has 2 aromatic heterocycles. The minimum absolute atomic E-state index is 0.133. The largest absolute Gasteiger partial charge is 0.344 e. The molecule has 0 aliphatic rings. The Balaban J connectivity index is 2.06. The maximum atomic E-state index is 11.5. The normalized spacial score (nSPS) is 10.6. The molecule has 3 aromatic rings. The maximum Gasteiger partial charge on any atom is 0.344 e. The predicted octanol–water partition coefficient (Wildman–Crippen LogP) is 3.03. The lowest BCUT2D eigenvalue weighted by atomic mass is 10.2. The molecule has 0 bridgehead atoms. The van der Waals surface area contributed by atoms with Crippen molar-refractivity contribution in [1.82, 2.24) is 19.5 Å². The average molecular weight is 313 g/mol. The van der Waals surface area contributed by atoms with Gasteiger partial charge in [-0.25, -0.2) is 15.0 Å². The molecule has 0 spiro atoms. The second-order valence-corrected chi connectivity index (χ2v) is 5.56. The zero-order valence-corrected chi connectivity index (χ0v) is 12.4. The number of aryl methyl sites for hydroxylation is 1. The van der Waals surface area contributed by atoms with Gasteiger partial charge in [0.15, 0.2) is 5.03 Å². The number of aromatic nitrogens is 4. The third-order valence-corrected chi connectivity index (χ3v) is 3.94. The van der Waals surface area contributed by atoms with E-state index in [0.29, 0.717) is 5.03 Å². The number of imidazole rings is 1. The molecule has 3 rings (SSSR count). The molecular weight excluding hydrogens is 302 g/mol. The lowest BCUT2D eigenvalue weighted by molar-refractivity contribution is -0.388. The van der Waals surface area contributed by atoms with Gasteiger partial charge in [0, 0.05) is 17.3 Å². The van der Waals surface area contributed by atoms with E-state index in [1.54, 1.807) is 12.4 Å². The van der Waals surface area contributed by atoms with E-state index in [9.17, 15) is 10.1 Å². The quantitative estimate of drug-likeness (QED) is 0.418. The van der Waals surface area contributed by atoms with Crippen molar-refractivity contribution in [2.75, 3.05) is 0 Å². The standard InChI is InChI=1S/C14H11N5O2S/c1-10-2-4-11(5-3-10)22-14-12(19(20)21)13(16-8-17-14)18-7-6-15-9-18/h2-9H,1H3. The number of rotatable bonds is 4. The molecule has 110 valence electrons. The highest BCUT2D eigenvalue weighted by Crippen LogP contribution is 2.35. The Morgan fingerprint density at radius 3 is 2.64 bits per heavy atom. The molecule has 1 aromatic carbocycles. The lowest BCUT2D eigenvalue weighted by Gasteiger charge is -2.06. The van der Waals surface area contributed by atoms with Crippen molar-refractivity contribution >= 4 is 17.4 Å². The van der Waals surface area contributed by atoms with Gasteiger partial charge in [0.25, 0.3) is 0 Å². The van der Waals surface area contributed by atoms with E-state index in [0.717, 1.165) is 10.5 Å². The van der Waals surface area contributed by atoms with Crippen molar-refractivity contribution < 1.29 is 4.92 Å². The third kappa shape index (κ3) is 2.82. The first-order chi connectivity index (χ1) is 10.6. The van der Waals surface area contributed by atoms with Crippen LogP contribution in [0.1, 0.15) is 5.56 Å². The molecule has 0 atom stereocenters. The Kier molecular flexibility index (Phi) is 3.84. The number of nitro groups is 1. The Morgan fingerprint density at radius 1 is 1.23 bits per heavy atom. The van der Waals surface area contributed by atoms with Gasteiger partial charge in [-0.05, 0) is 19.1 Å². The molecule has 0 radical (unpaired) electrons. The highest BCUT2D eigenvalue weighted by atomic mass is 32.2. The molecule has 7 nitrogen and oxygen atoms in total. The van der Waals surface area contributed by atoms with E-state index < -0.39 is 4.92 Å². The van der Waals surface area contributed by atoms with Crippen LogP contribution in [0.25, 0.3) is 5.82 Å². The van der Waals surface area contributed by atoms with Crippen molar-refractivity contribution in [2.24, 2.45) is 0 Å². The number of hydrogen-bond donors (Lipinski definition) is 0. The van der Waals surface area contributed by atoms with Crippen molar-refractivity contribution in [3.63, 3.8) is 0 Å². The topological polar surface area (TPSA) is 86.7 Å². The Morgan fingerprint density at radius 2 is 2.00 bits per heavy atom. The van der Waals surface area contributed by atoms with Crippen LogP contribution in [0.4, 0.5) is 5.69 Å². The van der Waals surface area contributed by atoms with Crippen LogP contribution in [0.2, 0.25) is 0 Å². The van der Waals surface area contributed by atoms with Crippen LogP contribution in [0.3, 0.4) is 0 Å². The summed E-state index contributed by atoms with van der Waals surface area (Å²) in [6, 6.07) is 7.71. The van der Waals surface area contributed by atoms with E-state index in [2.05, 4.69) is 15.0 Å². The van der Waals surface area contributed by atoms with Crippen LogP contribution in [0, 0.1) is 17.0 Å². The van der Waals surface area contributed by atoms with Crippen molar-refractivity contribution in [3.05, 3.63) is 65.0 Å². The summed E-state index contributed by atoms with van der Waals surface area (Å²) >= 11 is 1.24. The third-order valence-electron chi connectivity index (χ3n) is 2.94. The summed E-state index contributed by atoms with van der Waals surface area (Å²) in [4.78, 5) is 23.8. The van der Waals surface area contributed by atoms with Crippen molar-refractivity contribution in [2.45, 2.75) is 16.8 Å². The van der Waals surface area contributed by atoms with Gasteiger partial charge in [0.1, 0.15) is 12.7 Å². The smallest absolute Gasteiger partial charge is 0.285 e. The van der Waals surface area contributed by atoms with Gasteiger partial charge in [-0.1, -0.05) is 29.5 Å². The van der Waals surface area contributed by atoms with Gasteiger partial charge >= 0.3 is 5.69 Å². The predicted molar refractivity (Wildman–Crippen MR) is 81.1 cm³/mol. The molecule has 0 unspecified atom stereocenters. The Hall–Kier alpha value is -2.74. The Bertz CT molecular complexity index is 803. The molecule has 2 heterocycles. The Labute approximate surface area is 130 Å². The van der Waals surface area contributed by atoms with Crippen LogP contribution in [-0.4, -0.2) is 24.4 Å². The second kappa shape index (κ2) is 5.94. The number of hydrogen-bond acceptors (Lipinski definition) is 6. The number of nitrogens with zero attached hydrogens (tertiary/aromatic N) is 5. The summed E-state index contributed by atoms with van der Waals surface area (Å²) in [6.07, 6.45) is 5.93. The average Bonchev–Trinajstić information content (AvgIpc) is 3.03. The van der Waals surface area contributed by atoms with Gasteiger partial charge < -0.3 is 0 Å².